The van der Waals surface area contributed by atoms with Crippen molar-refractivity contribution in [1.82, 2.24) is 9.97 Å². The van der Waals surface area contributed by atoms with Gasteiger partial charge in [-0.05, 0) is 36.6 Å². The summed E-state index contributed by atoms with van der Waals surface area (Å²) in [6.07, 6.45) is 1.16. The monoisotopic (exact) mass is 277 g/mol. The minimum Gasteiger partial charge on any atom is -0.356 e. The van der Waals surface area contributed by atoms with Crippen molar-refractivity contribution in [3.8, 4) is 0 Å². The second kappa shape index (κ2) is 6.20. The molecular formula is C15H20ClN3. The molecule has 1 aromatic heterocycles. The lowest BCUT2D eigenvalue weighted by Gasteiger charge is -2.26. The number of para-hydroxylation sites is 1. The largest absolute Gasteiger partial charge is 0.356 e. The molecule has 0 radical (unpaired) electrons. The molecule has 3 nitrogen and oxygen atoms in total. The minimum atomic E-state index is 0.316. The average Bonchev–Trinajstić information content (AvgIpc) is 2.43. The number of halogens is 1. The van der Waals surface area contributed by atoms with E-state index in [2.05, 4.69) is 41.7 Å². The Morgan fingerprint density at radius 3 is 2.63 bits per heavy atom. The summed E-state index contributed by atoms with van der Waals surface area (Å²) in [5, 5.41) is 1.38. The van der Waals surface area contributed by atoms with E-state index < -0.39 is 0 Å². The van der Waals surface area contributed by atoms with Crippen LogP contribution in [0, 0.1) is 5.92 Å². The van der Waals surface area contributed by atoms with Crippen LogP contribution in [0.3, 0.4) is 0 Å². The van der Waals surface area contributed by atoms with Crippen molar-refractivity contribution in [2.75, 3.05) is 18.0 Å². The second-order valence-corrected chi connectivity index (χ2v) is 5.22. The fraction of sp³-hybridized carbons (Fsp3) is 0.467. The molecule has 19 heavy (non-hydrogen) atoms. The van der Waals surface area contributed by atoms with Gasteiger partial charge in [-0.3, -0.25) is 0 Å². The third-order valence-electron chi connectivity index (χ3n) is 3.47. The molecule has 2 aromatic rings. The van der Waals surface area contributed by atoms with E-state index in [-0.39, 0.29) is 0 Å². The summed E-state index contributed by atoms with van der Waals surface area (Å²) in [6, 6.07) is 8.02. The second-order valence-electron chi connectivity index (χ2n) is 4.89. The van der Waals surface area contributed by atoms with Crippen molar-refractivity contribution in [3.63, 3.8) is 0 Å². The molecule has 0 amide bonds. The van der Waals surface area contributed by atoms with E-state index in [1.54, 1.807) is 0 Å². The standard InChI is InChI=1S/C15H20ClN3/c1-4-11(3)10-19(5-2)14-12-8-6-7-9-13(12)17-15(16)18-14/h6-9,11H,4-5,10H2,1-3H3. The van der Waals surface area contributed by atoms with Crippen LogP contribution in [0.2, 0.25) is 5.28 Å². The van der Waals surface area contributed by atoms with Crippen molar-refractivity contribution in [3.05, 3.63) is 29.5 Å². The Balaban J connectivity index is 2.46. The lowest BCUT2D eigenvalue weighted by atomic mass is 10.1. The van der Waals surface area contributed by atoms with E-state index in [0.717, 1.165) is 36.2 Å². The van der Waals surface area contributed by atoms with Crippen molar-refractivity contribution in [1.29, 1.82) is 0 Å². The van der Waals surface area contributed by atoms with E-state index in [1.165, 1.54) is 0 Å². The van der Waals surface area contributed by atoms with Gasteiger partial charge in [0.25, 0.3) is 0 Å². The predicted molar refractivity (Wildman–Crippen MR) is 81.9 cm³/mol. The molecule has 0 N–H and O–H groups in total. The van der Waals surface area contributed by atoms with Gasteiger partial charge >= 0.3 is 0 Å². The summed E-state index contributed by atoms with van der Waals surface area (Å²) in [5.41, 5.74) is 0.903. The SMILES string of the molecule is CCC(C)CN(CC)c1nc(Cl)nc2ccccc12. The molecule has 1 atom stereocenters. The number of aromatic nitrogens is 2. The lowest BCUT2D eigenvalue weighted by Crippen LogP contribution is -2.29. The van der Waals surface area contributed by atoms with E-state index in [0.29, 0.717) is 11.2 Å². The van der Waals surface area contributed by atoms with Crippen molar-refractivity contribution in [2.24, 2.45) is 5.92 Å². The molecule has 1 heterocycles. The summed E-state index contributed by atoms with van der Waals surface area (Å²) < 4.78 is 0. The number of rotatable bonds is 5. The van der Waals surface area contributed by atoms with Crippen LogP contribution in [0.4, 0.5) is 5.82 Å². The van der Waals surface area contributed by atoms with E-state index in [4.69, 9.17) is 11.6 Å². The Bertz CT molecular complexity index is 556. The molecular weight excluding hydrogens is 258 g/mol. The highest BCUT2D eigenvalue weighted by Gasteiger charge is 2.14. The summed E-state index contributed by atoms with van der Waals surface area (Å²) in [5.74, 6) is 1.57. The van der Waals surface area contributed by atoms with Crippen LogP contribution < -0.4 is 4.90 Å². The highest BCUT2D eigenvalue weighted by molar-refractivity contribution is 6.28. The van der Waals surface area contributed by atoms with Gasteiger partial charge in [-0.15, -0.1) is 0 Å². The van der Waals surface area contributed by atoms with Gasteiger partial charge in [0.1, 0.15) is 5.82 Å². The Hall–Kier alpha value is -1.35. The zero-order valence-corrected chi connectivity index (χ0v) is 12.5. The molecule has 1 aromatic carbocycles. The maximum atomic E-state index is 6.05. The highest BCUT2D eigenvalue weighted by atomic mass is 35.5. The maximum absolute atomic E-state index is 6.05. The van der Waals surface area contributed by atoms with Gasteiger partial charge in [-0.25, -0.2) is 4.98 Å². The molecule has 0 aliphatic heterocycles. The van der Waals surface area contributed by atoms with Gasteiger partial charge in [0, 0.05) is 18.5 Å². The van der Waals surface area contributed by atoms with Crippen molar-refractivity contribution >= 4 is 28.3 Å². The quantitative estimate of drug-likeness (QED) is 0.769. The molecule has 0 saturated heterocycles. The number of benzene rings is 1. The lowest BCUT2D eigenvalue weighted by molar-refractivity contribution is 0.546. The molecule has 4 heteroatoms. The van der Waals surface area contributed by atoms with Crippen LogP contribution in [-0.2, 0) is 0 Å². The average molecular weight is 278 g/mol. The fourth-order valence-corrected chi connectivity index (χ4v) is 2.32. The predicted octanol–water partition coefficient (Wildman–Crippen LogP) is 4.16. The maximum Gasteiger partial charge on any atom is 0.224 e. The summed E-state index contributed by atoms with van der Waals surface area (Å²) in [4.78, 5) is 11.0. The molecule has 0 saturated carbocycles. The van der Waals surface area contributed by atoms with E-state index >= 15 is 0 Å². The van der Waals surface area contributed by atoms with Crippen LogP contribution >= 0.6 is 11.6 Å². The van der Waals surface area contributed by atoms with Gasteiger partial charge in [0.2, 0.25) is 5.28 Å². The fourth-order valence-electron chi connectivity index (χ4n) is 2.14. The molecule has 102 valence electrons. The Kier molecular flexibility index (Phi) is 4.59. The third kappa shape index (κ3) is 3.16. The molecule has 0 bridgehead atoms. The first kappa shape index (κ1) is 14.1. The van der Waals surface area contributed by atoms with Crippen LogP contribution in [0.25, 0.3) is 10.9 Å². The van der Waals surface area contributed by atoms with Crippen molar-refractivity contribution < 1.29 is 0 Å². The minimum absolute atomic E-state index is 0.316. The van der Waals surface area contributed by atoms with Gasteiger partial charge in [-0.2, -0.15) is 4.98 Å². The third-order valence-corrected chi connectivity index (χ3v) is 3.64. The van der Waals surface area contributed by atoms with Crippen LogP contribution in [0.1, 0.15) is 27.2 Å². The summed E-state index contributed by atoms with van der Waals surface area (Å²) in [6.45, 7) is 8.52. The Morgan fingerprint density at radius 2 is 1.95 bits per heavy atom. The molecule has 1 unspecified atom stereocenters. The van der Waals surface area contributed by atoms with Gasteiger partial charge in [-0.1, -0.05) is 32.4 Å². The molecule has 0 aliphatic rings. The first-order valence-electron chi connectivity index (χ1n) is 6.82. The normalized spacial score (nSPS) is 12.6. The molecule has 0 spiro atoms. The van der Waals surface area contributed by atoms with Gasteiger partial charge in [0.05, 0.1) is 5.52 Å². The molecule has 0 fully saturated rings. The highest BCUT2D eigenvalue weighted by Crippen LogP contribution is 2.26. The summed E-state index contributed by atoms with van der Waals surface area (Å²) >= 11 is 6.05. The number of anilines is 1. The first-order chi connectivity index (χ1) is 9.15. The van der Waals surface area contributed by atoms with E-state index in [1.807, 2.05) is 18.2 Å². The van der Waals surface area contributed by atoms with Crippen LogP contribution in [0.5, 0.6) is 0 Å². The number of fused-ring (bicyclic) bond motifs is 1. The Labute approximate surface area is 119 Å². The van der Waals surface area contributed by atoms with Crippen LogP contribution in [0.15, 0.2) is 24.3 Å². The topological polar surface area (TPSA) is 29.0 Å². The van der Waals surface area contributed by atoms with Gasteiger partial charge < -0.3 is 4.90 Å². The zero-order chi connectivity index (χ0) is 13.8. The number of hydrogen-bond donors (Lipinski definition) is 0. The summed E-state index contributed by atoms with van der Waals surface area (Å²) in [7, 11) is 0. The number of nitrogens with zero attached hydrogens (tertiary/aromatic N) is 3. The van der Waals surface area contributed by atoms with Crippen LogP contribution in [-0.4, -0.2) is 23.1 Å². The van der Waals surface area contributed by atoms with Gasteiger partial charge in [0.15, 0.2) is 0 Å². The van der Waals surface area contributed by atoms with E-state index in [9.17, 15) is 0 Å². The van der Waals surface area contributed by atoms with Crippen molar-refractivity contribution in [2.45, 2.75) is 27.2 Å². The smallest absolute Gasteiger partial charge is 0.224 e. The molecule has 2 rings (SSSR count). The Morgan fingerprint density at radius 1 is 1.21 bits per heavy atom. The molecule has 0 aliphatic carbocycles. The first-order valence-corrected chi connectivity index (χ1v) is 7.20. The zero-order valence-electron chi connectivity index (χ0n) is 11.7. The number of hydrogen-bond acceptors (Lipinski definition) is 3.